The fourth-order valence-electron chi connectivity index (χ4n) is 3.83. The lowest BCUT2D eigenvalue weighted by molar-refractivity contribution is 0.0473. The summed E-state index contributed by atoms with van der Waals surface area (Å²) in [5.74, 6) is -0.0378. The Labute approximate surface area is 183 Å². The predicted molar refractivity (Wildman–Crippen MR) is 122 cm³/mol. The maximum atomic E-state index is 13.1. The summed E-state index contributed by atoms with van der Waals surface area (Å²) in [6.45, 7) is 0.160. The van der Waals surface area contributed by atoms with E-state index in [9.17, 15) is 14.7 Å². The smallest absolute Gasteiger partial charge is 0.339 e. The fourth-order valence-corrected chi connectivity index (χ4v) is 3.83. The highest BCUT2D eigenvalue weighted by Gasteiger charge is 2.22. The third-order valence-electron chi connectivity index (χ3n) is 5.31. The number of carbonyl (C=O) groups excluding carboxylic acids is 1. The molecule has 5 nitrogen and oxygen atoms in total. The van der Waals surface area contributed by atoms with Crippen molar-refractivity contribution in [3.8, 4) is 28.2 Å². The number of hydrogen-bond donors (Lipinski definition) is 1. The molecule has 0 saturated heterocycles. The van der Waals surface area contributed by atoms with E-state index in [1.54, 1.807) is 30.3 Å². The molecule has 2 aliphatic rings. The zero-order valence-electron chi connectivity index (χ0n) is 16.9. The molecule has 0 amide bonds. The van der Waals surface area contributed by atoms with E-state index in [4.69, 9.17) is 9.15 Å². The fraction of sp³-hybridized carbons (Fsp3) is 0.0370. The van der Waals surface area contributed by atoms with E-state index in [0.29, 0.717) is 33.4 Å². The van der Waals surface area contributed by atoms with Gasteiger partial charge in [0.15, 0.2) is 5.43 Å². The summed E-state index contributed by atoms with van der Waals surface area (Å²) < 4.78 is 11.5. The first kappa shape index (κ1) is 19.6. The first-order valence-electron chi connectivity index (χ1n) is 10.1. The molecule has 0 bridgehead atoms. The highest BCUT2D eigenvalue weighted by molar-refractivity contribution is 6.07. The van der Waals surface area contributed by atoms with E-state index >= 15 is 0 Å². The Morgan fingerprint density at radius 2 is 1.62 bits per heavy atom. The minimum atomic E-state index is -0.453. The number of hydrogen-bond acceptors (Lipinski definition) is 5. The van der Waals surface area contributed by atoms with Crippen LogP contribution in [0.3, 0.4) is 0 Å². The van der Waals surface area contributed by atoms with Crippen LogP contribution in [0.1, 0.15) is 15.9 Å². The molecule has 0 unspecified atom stereocenters. The third kappa shape index (κ3) is 3.61. The summed E-state index contributed by atoms with van der Waals surface area (Å²) in [6.07, 6.45) is 0. The van der Waals surface area contributed by atoms with Crippen LogP contribution in [0.15, 0.2) is 100 Å². The van der Waals surface area contributed by atoms with Crippen molar-refractivity contribution in [3.05, 3.63) is 112 Å². The minimum Gasteiger partial charge on any atom is -0.508 e. The van der Waals surface area contributed by atoms with Crippen molar-refractivity contribution in [1.82, 2.24) is 0 Å². The van der Waals surface area contributed by atoms with Gasteiger partial charge in [-0.05, 0) is 41.5 Å². The van der Waals surface area contributed by atoms with Gasteiger partial charge in [-0.2, -0.15) is 0 Å². The molecule has 0 radical (unpaired) electrons. The summed E-state index contributed by atoms with van der Waals surface area (Å²) in [7, 11) is 0. The Bertz CT molecular complexity index is 1470. The summed E-state index contributed by atoms with van der Waals surface area (Å²) >= 11 is 0. The number of phenols is 1. The molecule has 1 heterocycles. The van der Waals surface area contributed by atoms with Crippen LogP contribution in [0.5, 0.6) is 5.75 Å². The molecule has 3 aromatic carbocycles. The number of fused-ring (bicyclic) bond motifs is 2. The van der Waals surface area contributed by atoms with Gasteiger partial charge in [-0.1, -0.05) is 48.5 Å². The van der Waals surface area contributed by atoms with Crippen LogP contribution in [0, 0.1) is 0 Å². The molecule has 3 aromatic rings. The molecule has 0 aromatic heterocycles. The zero-order valence-corrected chi connectivity index (χ0v) is 16.9. The number of benzene rings is 4. The molecule has 5 rings (SSSR count). The second-order valence-corrected chi connectivity index (χ2v) is 7.42. The lowest BCUT2D eigenvalue weighted by atomic mass is 9.91. The van der Waals surface area contributed by atoms with Crippen molar-refractivity contribution in [2.24, 2.45) is 0 Å². The molecule has 32 heavy (non-hydrogen) atoms. The van der Waals surface area contributed by atoms with Crippen molar-refractivity contribution >= 4 is 16.9 Å². The van der Waals surface area contributed by atoms with Gasteiger partial charge in [-0.3, -0.25) is 4.79 Å². The van der Waals surface area contributed by atoms with Gasteiger partial charge in [0.25, 0.3) is 0 Å². The predicted octanol–water partition coefficient (Wildman–Crippen LogP) is 5.63. The molecule has 0 fully saturated rings. The third-order valence-corrected chi connectivity index (χ3v) is 5.31. The lowest BCUT2D eigenvalue weighted by Gasteiger charge is -2.17. The monoisotopic (exact) mass is 422 g/mol. The van der Waals surface area contributed by atoms with E-state index in [2.05, 4.69) is 0 Å². The Kier molecular flexibility index (Phi) is 4.92. The van der Waals surface area contributed by atoms with Gasteiger partial charge in [0, 0.05) is 28.6 Å². The molecule has 5 heteroatoms. The number of phenolic OH excluding ortho intramolecular Hbond substituents is 1. The molecule has 1 aliphatic carbocycles. The largest absolute Gasteiger partial charge is 0.508 e. The molecule has 1 N–H and O–H groups in total. The first-order chi connectivity index (χ1) is 15.6. The summed E-state index contributed by atoms with van der Waals surface area (Å²) in [6, 6.07) is 26.0. The molecule has 1 aliphatic heterocycles. The van der Waals surface area contributed by atoms with E-state index in [0.717, 1.165) is 11.1 Å². The summed E-state index contributed by atoms with van der Waals surface area (Å²) in [5.41, 5.74) is 3.58. The highest BCUT2D eigenvalue weighted by atomic mass is 16.5. The summed E-state index contributed by atoms with van der Waals surface area (Å²) in [5, 5.41) is 10.6. The van der Waals surface area contributed by atoms with Crippen molar-refractivity contribution < 1.29 is 19.1 Å². The maximum absolute atomic E-state index is 13.1. The van der Waals surface area contributed by atoms with E-state index < -0.39 is 5.97 Å². The van der Waals surface area contributed by atoms with Crippen molar-refractivity contribution in [2.45, 2.75) is 6.61 Å². The number of aromatic hydroxyl groups is 1. The molecule has 0 saturated carbocycles. The maximum Gasteiger partial charge on any atom is 0.339 e. The zero-order chi connectivity index (χ0) is 22.1. The van der Waals surface area contributed by atoms with E-state index in [1.807, 2.05) is 42.5 Å². The van der Waals surface area contributed by atoms with Crippen LogP contribution in [-0.2, 0) is 11.3 Å². The van der Waals surface area contributed by atoms with Crippen LogP contribution >= 0.6 is 0 Å². The van der Waals surface area contributed by atoms with Crippen molar-refractivity contribution in [1.29, 1.82) is 0 Å². The topological polar surface area (TPSA) is 76.7 Å². The standard InChI is InChI=1S/C27H18O5/c28-18-10-12-22-24(14-18)32-25-15-19(29)11-13-23(25)26(22)20-8-4-5-9-21(20)27(30)31-16-17-6-2-1-3-7-17/h1-15,28H,16H2. The number of carbonyl (C=O) groups is 1. The van der Waals surface area contributed by atoms with Gasteiger partial charge in [0.1, 0.15) is 23.7 Å². The van der Waals surface area contributed by atoms with Gasteiger partial charge in [0.2, 0.25) is 0 Å². The Hall–Kier alpha value is -4.38. The van der Waals surface area contributed by atoms with Crippen molar-refractivity contribution in [3.63, 3.8) is 0 Å². The second kappa shape index (κ2) is 8.04. The normalized spacial score (nSPS) is 11.0. The Morgan fingerprint density at radius 1 is 0.844 bits per heavy atom. The molecular formula is C27H18O5. The molecule has 0 atom stereocenters. The van der Waals surface area contributed by atoms with Crippen LogP contribution in [-0.4, -0.2) is 11.1 Å². The SMILES string of the molecule is O=C(OCc1ccccc1)c1ccccc1-c1c2ccc(=O)cc-2oc2cc(O)ccc12. The Morgan fingerprint density at radius 3 is 2.47 bits per heavy atom. The number of esters is 1. The Balaban J connectivity index is 1.67. The number of rotatable bonds is 4. The van der Waals surface area contributed by atoms with Gasteiger partial charge >= 0.3 is 5.97 Å². The van der Waals surface area contributed by atoms with Crippen LogP contribution < -0.4 is 5.43 Å². The second-order valence-electron chi connectivity index (χ2n) is 7.42. The first-order valence-corrected chi connectivity index (χ1v) is 10.1. The van der Waals surface area contributed by atoms with Crippen LogP contribution in [0.2, 0.25) is 0 Å². The number of ether oxygens (including phenoxy) is 1. The average Bonchev–Trinajstić information content (AvgIpc) is 2.81. The van der Waals surface area contributed by atoms with Gasteiger partial charge in [0.05, 0.1) is 5.56 Å². The van der Waals surface area contributed by atoms with E-state index in [-0.39, 0.29) is 17.8 Å². The average molecular weight is 422 g/mol. The van der Waals surface area contributed by atoms with Crippen LogP contribution in [0.4, 0.5) is 0 Å². The quantitative estimate of drug-likeness (QED) is 0.300. The molecule has 156 valence electrons. The highest BCUT2D eigenvalue weighted by Crippen LogP contribution is 2.41. The minimum absolute atomic E-state index is 0.0420. The van der Waals surface area contributed by atoms with Gasteiger partial charge in [-0.25, -0.2) is 4.79 Å². The molecule has 0 spiro atoms. The summed E-state index contributed by atoms with van der Waals surface area (Å²) in [4.78, 5) is 25.0. The molecular weight excluding hydrogens is 404 g/mol. The van der Waals surface area contributed by atoms with Gasteiger partial charge < -0.3 is 14.3 Å². The van der Waals surface area contributed by atoms with Crippen LogP contribution in [0.25, 0.3) is 33.4 Å². The van der Waals surface area contributed by atoms with E-state index in [1.165, 1.54) is 18.2 Å². The van der Waals surface area contributed by atoms with Gasteiger partial charge in [-0.15, -0.1) is 0 Å². The lowest BCUT2D eigenvalue weighted by Crippen LogP contribution is -2.08. The van der Waals surface area contributed by atoms with Crippen molar-refractivity contribution in [2.75, 3.05) is 0 Å².